The fourth-order valence-electron chi connectivity index (χ4n) is 10.2. The fraction of sp³-hybridized carbons (Fsp3) is 0. The van der Waals surface area contributed by atoms with Gasteiger partial charge in [0.1, 0.15) is 17.0 Å². The average Bonchev–Trinajstić information content (AvgIpc) is 3.95. The highest BCUT2D eigenvalue weighted by atomic mass is 32.3. The average molecular weight is 875 g/mol. The number of hydrogen-bond acceptors (Lipinski definition) is 2. The summed E-state index contributed by atoms with van der Waals surface area (Å²) in [6.45, 7) is 0. The lowest BCUT2D eigenvalue weighted by Gasteiger charge is -2.42. The maximum atomic E-state index is 6.23. The number of benzene rings is 10. The van der Waals surface area contributed by atoms with Crippen LogP contribution in [0.2, 0.25) is 0 Å². The SMILES string of the molecule is c1ccc(-c2cc(-c3cccc(S(c4ccccc4)(c4ccccc4)c4ccccc4)c3)nc(-n3c4ccc(-c5ccc6oc7ccccc7c6c5)cc4c4c5ccccc5ccc43)c2)cc1. The molecule has 13 aromatic rings. The van der Waals surface area contributed by atoms with Crippen LogP contribution in [0.4, 0.5) is 0 Å². The number of rotatable bonds is 8. The maximum Gasteiger partial charge on any atom is 0.138 e. The number of aromatic nitrogens is 2. The normalized spacial score (nSPS) is 12.1. The molecule has 0 atom stereocenters. The largest absolute Gasteiger partial charge is 0.456 e. The molecule has 0 N–H and O–H groups in total. The summed E-state index contributed by atoms with van der Waals surface area (Å²) in [6, 6.07) is 92.5. The van der Waals surface area contributed by atoms with Gasteiger partial charge in [-0.3, -0.25) is 4.57 Å². The first-order valence-electron chi connectivity index (χ1n) is 22.8. The van der Waals surface area contributed by atoms with Crippen LogP contribution < -0.4 is 0 Å². The van der Waals surface area contributed by atoms with Gasteiger partial charge in [0.05, 0.1) is 16.7 Å². The van der Waals surface area contributed by atoms with Gasteiger partial charge >= 0.3 is 0 Å². The Kier molecular flexibility index (Phi) is 9.26. The van der Waals surface area contributed by atoms with Crippen molar-refractivity contribution in [2.45, 2.75) is 19.6 Å². The standard InChI is InChI=1S/C63H42N2OS/c1-5-18-43(19-6-1)48-41-57(47-21-17-28-52(38-47)67(49-22-7-2-8-23-49,50-24-9-3-10-25-50)51-26-11-4-12-27-51)64-62(42-48)65-58-35-33-45(40-56(58)63-53-29-14-13-20-44(53)32-36-59(63)65)46-34-37-61-55(39-46)54-30-15-16-31-60(54)66-61/h1-42H. The molecule has 0 amide bonds. The number of fused-ring (bicyclic) bond motifs is 8. The molecule has 13 rings (SSSR count). The minimum absolute atomic E-state index is 0.865. The highest BCUT2D eigenvalue weighted by molar-refractivity contribution is 8.34. The van der Waals surface area contributed by atoms with Gasteiger partial charge in [0.2, 0.25) is 0 Å². The predicted octanol–water partition coefficient (Wildman–Crippen LogP) is 17.6. The van der Waals surface area contributed by atoms with Crippen LogP contribution in [0, 0.1) is 0 Å². The molecule has 0 bridgehead atoms. The highest BCUT2D eigenvalue weighted by Crippen LogP contribution is 2.73. The number of para-hydroxylation sites is 1. The molecule has 3 heterocycles. The molecule has 0 aliphatic carbocycles. The van der Waals surface area contributed by atoms with E-state index < -0.39 is 10.0 Å². The van der Waals surface area contributed by atoms with E-state index in [0.29, 0.717) is 0 Å². The van der Waals surface area contributed by atoms with E-state index in [1.165, 1.54) is 41.1 Å². The van der Waals surface area contributed by atoms with E-state index in [-0.39, 0.29) is 0 Å². The molecule has 0 aliphatic heterocycles. The molecule has 0 saturated carbocycles. The van der Waals surface area contributed by atoms with Gasteiger partial charge in [0.25, 0.3) is 0 Å². The van der Waals surface area contributed by atoms with E-state index >= 15 is 0 Å². The Morgan fingerprint density at radius 2 is 0.881 bits per heavy atom. The molecular weight excluding hydrogens is 833 g/mol. The van der Waals surface area contributed by atoms with E-state index in [9.17, 15) is 0 Å². The van der Waals surface area contributed by atoms with Crippen LogP contribution in [-0.4, -0.2) is 9.55 Å². The van der Waals surface area contributed by atoms with E-state index in [1.807, 2.05) is 12.1 Å². The Labute approximate surface area is 390 Å². The zero-order valence-electron chi connectivity index (χ0n) is 36.5. The van der Waals surface area contributed by atoms with Crippen molar-refractivity contribution in [1.29, 1.82) is 0 Å². The zero-order chi connectivity index (χ0) is 44.3. The second-order valence-corrected chi connectivity index (χ2v) is 20.2. The summed E-state index contributed by atoms with van der Waals surface area (Å²) in [5.74, 6) is 0.865. The van der Waals surface area contributed by atoms with Crippen LogP contribution in [-0.2, 0) is 0 Å². The molecular formula is C63H42N2OS. The van der Waals surface area contributed by atoms with E-state index in [2.05, 4.69) is 247 Å². The second-order valence-electron chi connectivity index (χ2n) is 17.1. The Bertz CT molecular complexity index is 3870. The van der Waals surface area contributed by atoms with Crippen LogP contribution in [0.25, 0.3) is 93.8 Å². The van der Waals surface area contributed by atoms with Crippen molar-refractivity contribution in [2.24, 2.45) is 0 Å². The lowest BCUT2D eigenvalue weighted by Crippen LogP contribution is -2.05. The van der Waals surface area contributed by atoms with Crippen molar-refractivity contribution in [3.8, 4) is 39.3 Å². The number of pyridine rings is 1. The predicted molar refractivity (Wildman–Crippen MR) is 280 cm³/mol. The molecule has 4 heteroatoms. The maximum absolute atomic E-state index is 6.23. The summed E-state index contributed by atoms with van der Waals surface area (Å²) in [5.41, 5.74) is 10.5. The minimum Gasteiger partial charge on any atom is -0.456 e. The number of furan rings is 1. The van der Waals surface area contributed by atoms with Gasteiger partial charge < -0.3 is 4.42 Å². The van der Waals surface area contributed by atoms with Crippen LogP contribution in [0.3, 0.4) is 0 Å². The molecule has 0 spiro atoms. The molecule has 3 nitrogen and oxygen atoms in total. The first kappa shape index (κ1) is 39.0. The summed E-state index contributed by atoms with van der Waals surface area (Å²) in [6.07, 6.45) is 0. The molecule has 0 fully saturated rings. The molecule has 67 heavy (non-hydrogen) atoms. The summed E-state index contributed by atoms with van der Waals surface area (Å²) in [4.78, 5) is 10.8. The van der Waals surface area contributed by atoms with Gasteiger partial charge in [-0.2, -0.15) is 0 Å². The van der Waals surface area contributed by atoms with Crippen molar-refractivity contribution < 1.29 is 4.42 Å². The zero-order valence-corrected chi connectivity index (χ0v) is 37.3. The van der Waals surface area contributed by atoms with Gasteiger partial charge in [-0.25, -0.2) is 4.98 Å². The quantitative estimate of drug-likeness (QED) is 0.152. The van der Waals surface area contributed by atoms with Crippen molar-refractivity contribution >= 4 is 64.5 Å². The smallest absolute Gasteiger partial charge is 0.138 e. The Morgan fingerprint density at radius 1 is 0.328 bits per heavy atom. The molecule has 0 saturated heterocycles. The van der Waals surface area contributed by atoms with Gasteiger partial charge in [-0.1, -0.05) is 158 Å². The third-order valence-corrected chi connectivity index (χ3v) is 17.2. The Morgan fingerprint density at radius 3 is 1.60 bits per heavy atom. The third kappa shape index (κ3) is 6.40. The van der Waals surface area contributed by atoms with Crippen LogP contribution >= 0.6 is 10.0 Å². The van der Waals surface area contributed by atoms with Gasteiger partial charge in [0.15, 0.2) is 0 Å². The van der Waals surface area contributed by atoms with Crippen molar-refractivity contribution in [1.82, 2.24) is 9.55 Å². The van der Waals surface area contributed by atoms with Gasteiger partial charge in [-0.15, -0.1) is 10.0 Å². The molecule has 0 unspecified atom stereocenters. The van der Waals surface area contributed by atoms with Crippen molar-refractivity contribution in [3.63, 3.8) is 0 Å². The Hall–Kier alpha value is -8.44. The third-order valence-electron chi connectivity index (χ3n) is 13.3. The molecule has 3 aromatic heterocycles. The van der Waals surface area contributed by atoms with E-state index in [0.717, 1.165) is 72.3 Å². The van der Waals surface area contributed by atoms with Crippen molar-refractivity contribution in [3.05, 3.63) is 255 Å². The summed E-state index contributed by atoms with van der Waals surface area (Å²) >= 11 is 0. The molecule has 316 valence electrons. The van der Waals surface area contributed by atoms with Crippen LogP contribution in [0.15, 0.2) is 279 Å². The summed E-state index contributed by atoms with van der Waals surface area (Å²) < 4.78 is 8.61. The number of hydrogen-bond donors (Lipinski definition) is 0. The Balaban J connectivity index is 1.05. The monoisotopic (exact) mass is 874 g/mol. The van der Waals surface area contributed by atoms with Gasteiger partial charge in [0, 0.05) is 46.7 Å². The minimum atomic E-state index is -1.92. The first-order valence-corrected chi connectivity index (χ1v) is 24.4. The lowest BCUT2D eigenvalue weighted by atomic mass is 9.99. The topological polar surface area (TPSA) is 31.0 Å². The van der Waals surface area contributed by atoms with E-state index in [4.69, 9.17) is 9.40 Å². The molecule has 10 aromatic carbocycles. The van der Waals surface area contributed by atoms with Gasteiger partial charge in [-0.05, 0) is 130 Å². The summed E-state index contributed by atoms with van der Waals surface area (Å²) in [7, 11) is -1.92. The fourth-order valence-corrected chi connectivity index (χ4v) is 14.2. The number of nitrogens with zero attached hydrogens (tertiary/aromatic N) is 2. The first-order chi connectivity index (χ1) is 33.2. The van der Waals surface area contributed by atoms with Crippen LogP contribution in [0.1, 0.15) is 0 Å². The highest BCUT2D eigenvalue weighted by Gasteiger charge is 2.33. The second kappa shape index (κ2) is 15.9. The van der Waals surface area contributed by atoms with Crippen molar-refractivity contribution in [2.75, 3.05) is 0 Å². The van der Waals surface area contributed by atoms with Crippen LogP contribution in [0.5, 0.6) is 0 Å². The van der Waals surface area contributed by atoms with E-state index in [1.54, 1.807) is 0 Å². The lowest BCUT2D eigenvalue weighted by molar-refractivity contribution is 0.669. The summed E-state index contributed by atoms with van der Waals surface area (Å²) in [5, 5.41) is 7.05. The molecule has 0 aliphatic rings. The molecule has 0 radical (unpaired) electrons.